The van der Waals surface area contributed by atoms with E-state index >= 15 is 0 Å². The van der Waals surface area contributed by atoms with Crippen LogP contribution in [-0.4, -0.2) is 30.0 Å². The third-order valence-electron chi connectivity index (χ3n) is 2.81. The van der Waals surface area contributed by atoms with Crippen LogP contribution in [0.3, 0.4) is 0 Å². The van der Waals surface area contributed by atoms with Gasteiger partial charge in [-0.1, -0.05) is 18.5 Å². The highest BCUT2D eigenvalue weighted by Crippen LogP contribution is 2.18. The number of rotatable bonds is 6. The largest absolute Gasteiger partial charge is 0.481 e. The van der Waals surface area contributed by atoms with Gasteiger partial charge in [0.1, 0.15) is 5.75 Å². The van der Waals surface area contributed by atoms with Gasteiger partial charge in [-0.25, -0.2) is 0 Å². The van der Waals surface area contributed by atoms with Crippen molar-refractivity contribution in [2.45, 2.75) is 33.3 Å². The number of hydrogen-bond donors (Lipinski definition) is 0. The van der Waals surface area contributed by atoms with Crippen LogP contribution in [0, 0.1) is 0 Å². The SMILES string of the molecule is CC[C@H](Oc1ccc(Cl)cc1)C(=O)N(CC)CC. The van der Waals surface area contributed by atoms with E-state index < -0.39 is 6.10 Å². The fourth-order valence-corrected chi connectivity index (χ4v) is 1.85. The summed E-state index contributed by atoms with van der Waals surface area (Å²) in [6.45, 7) is 7.29. The van der Waals surface area contributed by atoms with Gasteiger partial charge in [-0.3, -0.25) is 4.79 Å². The van der Waals surface area contributed by atoms with Crippen LogP contribution in [0.15, 0.2) is 24.3 Å². The second kappa shape index (κ2) is 7.27. The molecule has 18 heavy (non-hydrogen) atoms. The maximum absolute atomic E-state index is 12.2. The zero-order valence-electron chi connectivity index (χ0n) is 11.1. The first-order valence-electron chi connectivity index (χ1n) is 6.33. The molecule has 1 atom stereocenters. The smallest absolute Gasteiger partial charge is 0.263 e. The second-order valence-electron chi connectivity index (χ2n) is 3.98. The predicted octanol–water partition coefficient (Wildman–Crippen LogP) is 3.37. The number of nitrogens with zero attached hydrogens (tertiary/aromatic N) is 1. The lowest BCUT2D eigenvalue weighted by Gasteiger charge is -2.25. The molecule has 0 unspecified atom stereocenters. The minimum atomic E-state index is -0.425. The van der Waals surface area contributed by atoms with E-state index in [0.29, 0.717) is 30.3 Å². The standard InChI is InChI=1S/C14H20ClNO2/c1-4-13(14(17)16(5-2)6-3)18-12-9-7-11(15)8-10-12/h7-10,13H,4-6H2,1-3H3/t13-/m0/s1. The zero-order valence-corrected chi connectivity index (χ0v) is 11.9. The Kier molecular flexibility index (Phi) is 5.99. The van der Waals surface area contributed by atoms with Crippen LogP contribution in [0.5, 0.6) is 5.75 Å². The summed E-state index contributed by atoms with van der Waals surface area (Å²) in [6, 6.07) is 7.07. The number of amides is 1. The van der Waals surface area contributed by atoms with Gasteiger partial charge in [0.2, 0.25) is 0 Å². The van der Waals surface area contributed by atoms with E-state index in [1.165, 1.54) is 0 Å². The van der Waals surface area contributed by atoms with E-state index in [9.17, 15) is 4.79 Å². The average Bonchev–Trinajstić information content (AvgIpc) is 2.39. The number of halogens is 1. The molecule has 0 bridgehead atoms. The molecule has 100 valence electrons. The Morgan fingerprint density at radius 3 is 2.22 bits per heavy atom. The molecule has 0 aromatic heterocycles. The van der Waals surface area contributed by atoms with Crippen molar-refractivity contribution in [3.63, 3.8) is 0 Å². The van der Waals surface area contributed by atoms with Crippen molar-refractivity contribution in [1.29, 1.82) is 0 Å². The highest BCUT2D eigenvalue weighted by molar-refractivity contribution is 6.30. The second-order valence-corrected chi connectivity index (χ2v) is 4.42. The van der Waals surface area contributed by atoms with Crippen LogP contribution in [-0.2, 0) is 4.79 Å². The highest BCUT2D eigenvalue weighted by Gasteiger charge is 2.22. The molecule has 0 aliphatic rings. The molecule has 1 rings (SSSR count). The number of likely N-dealkylation sites (N-methyl/N-ethyl adjacent to an activating group) is 1. The Bertz CT molecular complexity index is 374. The van der Waals surface area contributed by atoms with E-state index in [1.54, 1.807) is 29.2 Å². The Hall–Kier alpha value is -1.22. The fourth-order valence-electron chi connectivity index (χ4n) is 1.72. The maximum atomic E-state index is 12.2. The molecule has 0 spiro atoms. The molecular formula is C14H20ClNO2. The quantitative estimate of drug-likeness (QED) is 0.792. The van der Waals surface area contributed by atoms with Crippen molar-refractivity contribution >= 4 is 17.5 Å². The topological polar surface area (TPSA) is 29.5 Å². The molecule has 0 N–H and O–H groups in total. The van der Waals surface area contributed by atoms with Crippen molar-refractivity contribution in [3.8, 4) is 5.75 Å². The van der Waals surface area contributed by atoms with Crippen molar-refractivity contribution in [2.75, 3.05) is 13.1 Å². The number of carbonyl (C=O) groups excluding carboxylic acids is 1. The first kappa shape index (κ1) is 14.8. The van der Waals surface area contributed by atoms with E-state index in [2.05, 4.69) is 0 Å². The molecular weight excluding hydrogens is 250 g/mol. The third-order valence-corrected chi connectivity index (χ3v) is 3.07. The minimum absolute atomic E-state index is 0.0393. The van der Waals surface area contributed by atoms with Gasteiger partial charge in [0.25, 0.3) is 5.91 Å². The highest BCUT2D eigenvalue weighted by atomic mass is 35.5. The summed E-state index contributed by atoms with van der Waals surface area (Å²) in [5, 5.41) is 0.658. The van der Waals surface area contributed by atoms with Gasteiger partial charge in [0.15, 0.2) is 6.10 Å². The molecule has 0 aliphatic heterocycles. The van der Waals surface area contributed by atoms with Gasteiger partial charge in [0.05, 0.1) is 0 Å². The Morgan fingerprint density at radius 1 is 1.22 bits per heavy atom. The van der Waals surface area contributed by atoms with Crippen molar-refractivity contribution in [3.05, 3.63) is 29.3 Å². The van der Waals surface area contributed by atoms with Crippen LogP contribution < -0.4 is 4.74 Å². The maximum Gasteiger partial charge on any atom is 0.263 e. The number of benzene rings is 1. The third kappa shape index (κ3) is 3.91. The lowest BCUT2D eigenvalue weighted by atomic mass is 10.2. The molecule has 0 saturated carbocycles. The fraction of sp³-hybridized carbons (Fsp3) is 0.500. The number of ether oxygens (including phenoxy) is 1. The molecule has 1 amide bonds. The Labute approximate surface area is 114 Å². The lowest BCUT2D eigenvalue weighted by molar-refractivity contribution is -0.138. The summed E-state index contributed by atoms with van der Waals surface area (Å²) in [4.78, 5) is 14.0. The van der Waals surface area contributed by atoms with Crippen LogP contribution in [0.1, 0.15) is 27.2 Å². The van der Waals surface area contributed by atoms with Crippen LogP contribution in [0.4, 0.5) is 0 Å². The summed E-state index contributed by atoms with van der Waals surface area (Å²) < 4.78 is 5.72. The van der Waals surface area contributed by atoms with E-state index in [4.69, 9.17) is 16.3 Å². The van der Waals surface area contributed by atoms with Crippen molar-refractivity contribution in [2.24, 2.45) is 0 Å². The molecule has 0 fully saturated rings. The van der Waals surface area contributed by atoms with Gasteiger partial charge in [0, 0.05) is 18.1 Å². The molecule has 1 aromatic carbocycles. The first-order valence-corrected chi connectivity index (χ1v) is 6.71. The monoisotopic (exact) mass is 269 g/mol. The molecule has 3 nitrogen and oxygen atoms in total. The molecule has 0 saturated heterocycles. The lowest BCUT2D eigenvalue weighted by Crippen LogP contribution is -2.41. The van der Waals surface area contributed by atoms with Crippen LogP contribution >= 0.6 is 11.6 Å². The summed E-state index contributed by atoms with van der Waals surface area (Å²) in [5.41, 5.74) is 0. The summed E-state index contributed by atoms with van der Waals surface area (Å²) in [7, 11) is 0. The molecule has 4 heteroatoms. The van der Waals surface area contributed by atoms with Gasteiger partial charge in [-0.2, -0.15) is 0 Å². The van der Waals surface area contributed by atoms with Crippen LogP contribution in [0.2, 0.25) is 5.02 Å². The van der Waals surface area contributed by atoms with Gasteiger partial charge in [-0.15, -0.1) is 0 Å². The van der Waals surface area contributed by atoms with E-state index in [1.807, 2.05) is 20.8 Å². The molecule has 1 aromatic rings. The van der Waals surface area contributed by atoms with Crippen molar-refractivity contribution in [1.82, 2.24) is 4.90 Å². The first-order chi connectivity index (χ1) is 8.62. The van der Waals surface area contributed by atoms with Gasteiger partial charge < -0.3 is 9.64 Å². The predicted molar refractivity (Wildman–Crippen MR) is 74.1 cm³/mol. The Morgan fingerprint density at radius 2 is 1.78 bits per heavy atom. The number of carbonyl (C=O) groups is 1. The van der Waals surface area contributed by atoms with Crippen molar-refractivity contribution < 1.29 is 9.53 Å². The minimum Gasteiger partial charge on any atom is -0.481 e. The zero-order chi connectivity index (χ0) is 13.5. The van der Waals surface area contributed by atoms with Gasteiger partial charge >= 0.3 is 0 Å². The summed E-state index contributed by atoms with van der Waals surface area (Å²) in [6.07, 6.45) is 0.226. The van der Waals surface area contributed by atoms with Gasteiger partial charge in [-0.05, 0) is 44.5 Å². The van der Waals surface area contributed by atoms with E-state index in [0.717, 1.165) is 0 Å². The molecule has 0 radical (unpaired) electrons. The normalized spacial score (nSPS) is 12.0. The summed E-state index contributed by atoms with van der Waals surface area (Å²) in [5.74, 6) is 0.712. The van der Waals surface area contributed by atoms with Crippen LogP contribution in [0.25, 0.3) is 0 Å². The average molecular weight is 270 g/mol. The van der Waals surface area contributed by atoms with E-state index in [-0.39, 0.29) is 5.91 Å². The Balaban J connectivity index is 2.72. The number of hydrogen-bond acceptors (Lipinski definition) is 2. The molecule has 0 heterocycles. The summed E-state index contributed by atoms with van der Waals surface area (Å²) >= 11 is 5.81. The molecule has 0 aliphatic carbocycles.